The number of guanidine groups is 1. The molecule has 0 aliphatic carbocycles. The van der Waals surface area contributed by atoms with Gasteiger partial charge in [-0.1, -0.05) is 6.07 Å². The molecule has 2 aliphatic heterocycles. The largest absolute Gasteiger partial charge is 0.403 e. The molecule has 0 amide bonds. The van der Waals surface area contributed by atoms with E-state index in [0.29, 0.717) is 32.7 Å². The minimum atomic E-state index is -4.19. The van der Waals surface area contributed by atoms with Crippen molar-refractivity contribution in [3.8, 4) is 0 Å². The van der Waals surface area contributed by atoms with Crippen molar-refractivity contribution in [1.82, 2.24) is 20.0 Å². The second-order valence-electron chi connectivity index (χ2n) is 7.88. The fourth-order valence-corrected chi connectivity index (χ4v) is 4.93. The summed E-state index contributed by atoms with van der Waals surface area (Å²) in [4.78, 5) is 11.7. The summed E-state index contributed by atoms with van der Waals surface area (Å²) in [5.74, 6) is 0.747. The lowest BCUT2D eigenvalue weighted by atomic mass is 10.1. The van der Waals surface area contributed by atoms with Gasteiger partial charge in [0, 0.05) is 57.7 Å². The van der Waals surface area contributed by atoms with Crippen LogP contribution in [0.3, 0.4) is 0 Å². The molecule has 3 heterocycles. The molecule has 2 aliphatic rings. The zero-order valence-corrected chi connectivity index (χ0v) is 21.4. The number of thiophene rings is 1. The third-order valence-electron chi connectivity index (χ3n) is 5.89. The normalized spacial score (nSPS) is 23.9. The minimum absolute atomic E-state index is 0. The van der Waals surface area contributed by atoms with Crippen LogP contribution in [-0.4, -0.2) is 98.4 Å². The van der Waals surface area contributed by atoms with Crippen molar-refractivity contribution in [2.45, 2.75) is 38.2 Å². The van der Waals surface area contributed by atoms with Gasteiger partial charge in [0.1, 0.15) is 6.04 Å². The Hall–Kier alpha value is -0.630. The van der Waals surface area contributed by atoms with Gasteiger partial charge in [0.05, 0.1) is 18.8 Å². The Morgan fingerprint density at radius 1 is 1.26 bits per heavy atom. The smallest absolute Gasteiger partial charge is 0.376 e. The first-order valence-electron chi connectivity index (χ1n) is 10.4. The lowest BCUT2D eigenvalue weighted by Crippen LogP contribution is -2.57. The average Bonchev–Trinajstić information content (AvgIpc) is 3.25. The Morgan fingerprint density at radius 3 is 2.52 bits per heavy atom. The Bertz CT molecular complexity index is 683. The molecule has 31 heavy (non-hydrogen) atoms. The zero-order chi connectivity index (χ0) is 21.7. The molecule has 2 fully saturated rings. The van der Waals surface area contributed by atoms with Crippen LogP contribution < -0.4 is 5.32 Å². The maximum Gasteiger partial charge on any atom is 0.403 e. The lowest BCUT2D eigenvalue weighted by molar-refractivity contribution is -0.181. The highest BCUT2D eigenvalue weighted by atomic mass is 127. The highest BCUT2D eigenvalue weighted by molar-refractivity contribution is 14.0. The van der Waals surface area contributed by atoms with Gasteiger partial charge < -0.3 is 15.0 Å². The molecule has 1 aromatic heterocycles. The highest BCUT2D eigenvalue weighted by Crippen LogP contribution is 2.27. The molecule has 0 bridgehead atoms. The van der Waals surface area contributed by atoms with Crippen LogP contribution in [0.4, 0.5) is 13.2 Å². The van der Waals surface area contributed by atoms with Gasteiger partial charge in [-0.05, 0) is 25.3 Å². The molecule has 6 nitrogen and oxygen atoms in total. The lowest BCUT2D eigenvalue weighted by Gasteiger charge is -2.40. The summed E-state index contributed by atoms with van der Waals surface area (Å²) in [6.45, 7) is 8.28. The monoisotopic (exact) mass is 575 g/mol. The van der Waals surface area contributed by atoms with Gasteiger partial charge in [0.2, 0.25) is 0 Å². The molecule has 178 valence electrons. The topological polar surface area (TPSA) is 43.3 Å². The standard InChI is InChI=1S/C20H32F3N5OS.HI/c1-15-14-28(10-11-29-15)17(18-5-4-12-30-18)13-25-19(24-3)27-8-6-26(7-9-27)16(2)20(21,22)23;/h4-5,12,15-17H,6-11,13-14H2,1-3H3,(H,24,25);1H. The number of nitrogens with zero attached hydrogens (tertiary/aromatic N) is 4. The van der Waals surface area contributed by atoms with E-state index in [1.807, 2.05) is 4.90 Å². The quantitative estimate of drug-likeness (QED) is 0.332. The Morgan fingerprint density at radius 2 is 1.97 bits per heavy atom. The molecule has 3 atom stereocenters. The first-order valence-corrected chi connectivity index (χ1v) is 11.3. The minimum Gasteiger partial charge on any atom is -0.376 e. The number of ether oxygens (including phenoxy) is 1. The van der Waals surface area contributed by atoms with Crippen LogP contribution in [-0.2, 0) is 4.74 Å². The van der Waals surface area contributed by atoms with Gasteiger partial charge in [0.15, 0.2) is 5.96 Å². The summed E-state index contributed by atoms with van der Waals surface area (Å²) >= 11 is 1.74. The average molecular weight is 575 g/mol. The van der Waals surface area contributed by atoms with E-state index in [1.165, 1.54) is 16.7 Å². The number of nitrogens with one attached hydrogen (secondary N) is 1. The first-order chi connectivity index (χ1) is 14.3. The Balaban J connectivity index is 0.00000341. The van der Waals surface area contributed by atoms with Crippen LogP contribution in [0.5, 0.6) is 0 Å². The second-order valence-corrected chi connectivity index (χ2v) is 8.86. The summed E-state index contributed by atoms with van der Waals surface area (Å²) in [5.41, 5.74) is 0. The number of morpholine rings is 1. The van der Waals surface area contributed by atoms with E-state index in [1.54, 1.807) is 18.4 Å². The number of alkyl halides is 3. The number of rotatable bonds is 5. The van der Waals surface area contributed by atoms with E-state index in [0.717, 1.165) is 25.7 Å². The van der Waals surface area contributed by atoms with Crippen LogP contribution in [0.1, 0.15) is 24.8 Å². The number of hydrogen-bond donors (Lipinski definition) is 1. The van der Waals surface area contributed by atoms with Crippen LogP contribution in [0.15, 0.2) is 22.5 Å². The van der Waals surface area contributed by atoms with Crippen LogP contribution >= 0.6 is 35.3 Å². The highest BCUT2D eigenvalue weighted by Gasteiger charge is 2.41. The van der Waals surface area contributed by atoms with E-state index in [-0.39, 0.29) is 36.1 Å². The zero-order valence-electron chi connectivity index (χ0n) is 18.3. The second kappa shape index (κ2) is 12.0. The Labute approximate surface area is 203 Å². The number of piperazine rings is 1. The molecule has 11 heteroatoms. The van der Waals surface area contributed by atoms with E-state index >= 15 is 0 Å². The summed E-state index contributed by atoms with van der Waals surface area (Å²) < 4.78 is 44.7. The maximum absolute atomic E-state index is 13.0. The number of aliphatic imine (C=N–C) groups is 1. The molecule has 3 unspecified atom stereocenters. The fourth-order valence-electron chi connectivity index (χ4n) is 4.07. The number of halogens is 4. The SMILES string of the molecule is CN=C(NCC(c1cccs1)N1CCOC(C)C1)N1CCN(C(C)C(F)(F)F)CC1.I. The van der Waals surface area contributed by atoms with Crippen LogP contribution in [0.2, 0.25) is 0 Å². The van der Waals surface area contributed by atoms with Gasteiger partial charge in [-0.3, -0.25) is 14.8 Å². The molecule has 2 saturated heterocycles. The van der Waals surface area contributed by atoms with Crippen molar-refractivity contribution in [1.29, 1.82) is 0 Å². The van der Waals surface area contributed by atoms with Gasteiger partial charge in [0.25, 0.3) is 0 Å². The molecule has 0 aromatic carbocycles. The molecule has 1 N–H and O–H groups in total. The molecule has 0 saturated carbocycles. The van der Waals surface area contributed by atoms with Crippen molar-refractivity contribution in [3.63, 3.8) is 0 Å². The van der Waals surface area contributed by atoms with E-state index in [2.05, 4.69) is 39.6 Å². The van der Waals surface area contributed by atoms with E-state index in [4.69, 9.17) is 4.74 Å². The van der Waals surface area contributed by atoms with Crippen molar-refractivity contribution >= 4 is 41.3 Å². The predicted molar refractivity (Wildman–Crippen MR) is 129 cm³/mol. The molecule has 1 aromatic rings. The first kappa shape index (κ1) is 26.6. The molecule has 3 rings (SSSR count). The van der Waals surface area contributed by atoms with E-state index < -0.39 is 12.2 Å². The third kappa shape index (κ3) is 7.18. The van der Waals surface area contributed by atoms with Gasteiger partial charge in [-0.25, -0.2) is 0 Å². The molecule has 0 radical (unpaired) electrons. The number of hydrogen-bond acceptors (Lipinski definition) is 5. The third-order valence-corrected chi connectivity index (χ3v) is 6.86. The van der Waals surface area contributed by atoms with Crippen LogP contribution in [0, 0.1) is 0 Å². The summed E-state index contributed by atoms with van der Waals surface area (Å²) in [7, 11) is 1.73. The maximum atomic E-state index is 13.0. The Kier molecular flexibility index (Phi) is 10.3. The van der Waals surface area contributed by atoms with Gasteiger partial charge in [-0.2, -0.15) is 13.2 Å². The van der Waals surface area contributed by atoms with Crippen LogP contribution in [0.25, 0.3) is 0 Å². The van der Waals surface area contributed by atoms with Crippen molar-refractivity contribution < 1.29 is 17.9 Å². The van der Waals surface area contributed by atoms with Crippen molar-refractivity contribution in [3.05, 3.63) is 22.4 Å². The fraction of sp³-hybridized carbons (Fsp3) is 0.750. The molecule has 0 spiro atoms. The molecular formula is C20H33F3IN5OS. The predicted octanol–water partition coefficient (Wildman–Crippen LogP) is 3.27. The van der Waals surface area contributed by atoms with Crippen molar-refractivity contribution in [2.24, 2.45) is 4.99 Å². The molecular weight excluding hydrogens is 542 g/mol. The van der Waals surface area contributed by atoms with Gasteiger partial charge in [-0.15, -0.1) is 35.3 Å². The summed E-state index contributed by atoms with van der Waals surface area (Å²) in [5, 5.41) is 5.56. The van der Waals surface area contributed by atoms with Gasteiger partial charge >= 0.3 is 6.18 Å². The van der Waals surface area contributed by atoms with E-state index in [9.17, 15) is 13.2 Å². The van der Waals surface area contributed by atoms with Crippen molar-refractivity contribution in [2.75, 3.05) is 59.5 Å². The summed E-state index contributed by atoms with van der Waals surface area (Å²) in [6, 6.07) is 3.00. The summed E-state index contributed by atoms with van der Waals surface area (Å²) in [6.07, 6.45) is -3.99.